The van der Waals surface area contributed by atoms with Gasteiger partial charge in [-0.25, -0.2) is 0 Å². The fourth-order valence-electron chi connectivity index (χ4n) is 0.780. The van der Waals surface area contributed by atoms with Crippen LogP contribution in [0.1, 0.15) is 12.8 Å². The lowest BCUT2D eigenvalue weighted by molar-refractivity contribution is -0.0522. The van der Waals surface area contributed by atoms with Gasteiger partial charge in [0.1, 0.15) is 5.76 Å². The molecule has 0 N–H and O–H groups in total. The molecule has 0 saturated carbocycles. The van der Waals surface area contributed by atoms with Crippen molar-refractivity contribution in [3.8, 4) is 0 Å². The lowest BCUT2D eigenvalue weighted by Gasteiger charge is -2.09. The second kappa shape index (κ2) is 3.21. The molecule has 0 saturated heterocycles. The maximum Gasteiger partial charge on any atom is 0.534 e. The van der Waals surface area contributed by atoms with Crippen molar-refractivity contribution in [2.45, 2.75) is 18.3 Å². The van der Waals surface area contributed by atoms with Gasteiger partial charge >= 0.3 is 15.6 Å². The Bertz CT molecular complexity index is 315. The normalized spacial score (nSPS) is 18.5. The number of allylic oxidation sites excluding steroid dienone is 2. The average molecular weight is 215 g/mol. The van der Waals surface area contributed by atoms with E-state index in [0.29, 0.717) is 6.42 Å². The van der Waals surface area contributed by atoms with Crippen LogP contribution in [0, 0.1) is 6.42 Å². The van der Waals surface area contributed by atoms with Crippen molar-refractivity contribution >= 4 is 10.1 Å². The molecule has 0 aliphatic heterocycles. The zero-order valence-electron chi connectivity index (χ0n) is 6.34. The van der Waals surface area contributed by atoms with Crippen LogP contribution in [0.15, 0.2) is 11.8 Å². The molecular weight excluding hydrogens is 209 g/mol. The third kappa shape index (κ3) is 2.36. The summed E-state index contributed by atoms with van der Waals surface area (Å²) < 4.78 is 59.9. The summed E-state index contributed by atoms with van der Waals surface area (Å²) >= 11 is 0. The van der Waals surface area contributed by atoms with Crippen LogP contribution in [-0.4, -0.2) is 13.9 Å². The minimum Gasteiger partial charge on any atom is -0.381 e. The Morgan fingerprint density at radius 1 is 1.38 bits per heavy atom. The van der Waals surface area contributed by atoms with Gasteiger partial charge < -0.3 is 4.18 Å². The highest BCUT2D eigenvalue weighted by molar-refractivity contribution is 7.87. The number of hydrogen-bond acceptors (Lipinski definition) is 3. The van der Waals surface area contributed by atoms with Crippen molar-refractivity contribution in [3.63, 3.8) is 0 Å². The van der Waals surface area contributed by atoms with E-state index in [1.807, 2.05) is 0 Å². The summed E-state index contributed by atoms with van der Waals surface area (Å²) in [7, 11) is -5.47. The van der Waals surface area contributed by atoms with E-state index >= 15 is 0 Å². The molecule has 1 radical (unpaired) electrons. The second-order valence-electron chi connectivity index (χ2n) is 2.38. The van der Waals surface area contributed by atoms with Gasteiger partial charge in [0, 0.05) is 6.42 Å². The molecule has 0 aromatic heterocycles. The lowest BCUT2D eigenvalue weighted by atomic mass is 10.4. The van der Waals surface area contributed by atoms with Crippen molar-refractivity contribution in [3.05, 3.63) is 18.3 Å². The lowest BCUT2D eigenvalue weighted by Crippen LogP contribution is -2.25. The molecule has 0 bridgehead atoms. The second-order valence-corrected chi connectivity index (χ2v) is 3.92. The highest BCUT2D eigenvalue weighted by atomic mass is 32.2. The molecule has 13 heavy (non-hydrogen) atoms. The van der Waals surface area contributed by atoms with Crippen LogP contribution >= 0.6 is 0 Å². The maximum absolute atomic E-state index is 11.7. The largest absolute Gasteiger partial charge is 0.534 e. The summed E-state index contributed by atoms with van der Waals surface area (Å²) in [5, 5.41) is 0. The van der Waals surface area contributed by atoms with Crippen LogP contribution in [0.25, 0.3) is 0 Å². The highest BCUT2D eigenvalue weighted by Gasteiger charge is 2.48. The molecule has 1 rings (SSSR count). The molecule has 3 nitrogen and oxygen atoms in total. The Balaban J connectivity index is 2.73. The Morgan fingerprint density at radius 3 is 2.38 bits per heavy atom. The molecule has 0 aromatic rings. The fraction of sp³-hybridized carbons (Fsp3) is 0.500. The molecule has 0 unspecified atom stereocenters. The van der Waals surface area contributed by atoms with Crippen molar-refractivity contribution < 1.29 is 25.8 Å². The number of halogens is 3. The number of hydrogen-bond donors (Lipinski definition) is 0. The van der Waals surface area contributed by atoms with Crippen LogP contribution in [0.5, 0.6) is 0 Å². The Labute approximate surface area is 73.3 Å². The van der Waals surface area contributed by atoms with E-state index in [2.05, 4.69) is 4.18 Å². The molecule has 0 atom stereocenters. The van der Waals surface area contributed by atoms with Gasteiger partial charge in [-0.15, -0.1) is 0 Å². The monoisotopic (exact) mass is 215 g/mol. The SMILES string of the molecule is O=S(=O)(OC1=CC[CH]C1)C(F)(F)F. The minimum atomic E-state index is -5.47. The molecule has 75 valence electrons. The Hall–Kier alpha value is -0.720. The fourth-order valence-corrected chi connectivity index (χ4v) is 1.29. The number of rotatable bonds is 2. The standard InChI is InChI=1S/C6H6F3O3S/c7-6(8,9)13(10,11)12-5-3-1-2-4-5/h1,4H,2-3H2. The van der Waals surface area contributed by atoms with Crippen molar-refractivity contribution in [1.29, 1.82) is 0 Å². The topological polar surface area (TPSA) is 43.4 Å². The third-order valence-corrected chi connectivity index (χ3v) is 2.36. The highest BCUT2D eigenvalue weighted by Crippen LogP contribution is 2.29. The van der Waals surface area contributed by atoms with Gasteiger partial charge in [0.25, 0.3) is 0 Å². The van der Waals surface area contributed by atoms with Crippen LogP contribution in [0.4, 0.5) is 13.2 Å². The quantitative estimate of drug-likeness (QED) is 0.520. The predicted octanol–water partition coefficient (Wildman–Crippen LogP) is 1.73. The first-order chi connectivity index (χ1) is 5.83. The zero-order chi connectivity index (χ0) is 10.1. The third-order valence-electron chi connectivity index (χ3n) is 1.36. The average Bonchev–Trinajstić information content (AvgIpc) is 2.35. The van der Waals surface area contributed by atoms with Gasteiger partial charge in [0.05, 0.1) is 0 Å². The van der Waals surface area contributed by atoms with Crippen LogP contribution < -0.4 is 0 Å². The van der Waals surface area contributed by atoms with Crippen LogP contribution in [-0.2, 0) is 14.3 Å². The first kappa shape index (κ1) is 10.4. The molecule has 0 amide bonds. The van der Waals surface area contributed by atoms with E-state index in [0.717, 1.165) is 0 Å². The maximum atomic E-state index is 11.7. The van der Waals surface area contributed by atoms with Gasteiger partial charge in [-0.05, 0) is 18.9 Å². The zero-order valence-corrected chi connectivity index (χ0v) is 7.15. The summed E-state index contributed by atoms with van der Waals surface area (Å²) in [4.78, 5) is 0. The molecule has 0 heterocycles. The van der Waals surface area contributed by atoms with Crippen molar-refractivity contribution in [2.75, 3.05) is 0 Å². The van der Waals surface area contributed by atoms with Gasteiger partial charge in [0.15, 0.2) is 0 Å². The van der Waals surface area contributed by atoms with E-state index in [-0.39, 0.29) is 12.2 Å². The summed E-state index contributed by atoms with van der Waals surface area (Å²) in [6.45, 7) is 0. The predicted molar refractivity (Wildman–Crippen MR) is 37.7 cm³/mol. The van der Waals surface area contributed by atoms with Crippen LogP contribution in [0.3, 0.4) is 0 Å². The smallest absolute Gasteiger partial charge is 0.381 e. The Kier molecular flexibility index (Phi) is 2.56. The molecule has 1 aliphatic carbocycles. The van der Waals surface area contributed by atoms with Crippen molar-refractivity contribution in [1.82, 2.24) is 0 Å². The first-order valence-corrected chi connectivity index (χ1v) is 4.75. The van der Waals surface area contributed by atoms with E-state index < -0.39 is 15.6 Å². The Morgan fingerprint density at radius 2 is 2.00 bits per heavy atom. The van der Waals surface area contributed by atoms with Gasteiger partial charge in [0.2, 0.25) is 0 Å². The van der Waals surface area contributed by atoms with Crippen LogP contribution in [0.2, 0.25) is 0 Å². The molecule has 7 heteroatoms. The van der Waals surface area contributed by atoms with Gasteiger partial charge in [-0.1, -0.05) is 0 Å². The van der Waals surface area contributed by atoms with Gasteiger partial charge in [-0.3, -0.25) is 0 Å². The molecule has 0 fully saturated rings. The van der Waals surface area contributed by atoms with E-state index in [1.54, 1.807) is 6.42 Å². The van der Waals surface area contributed by atoms with E-state index in [9.17, 15) is 21.6 Å². The summed E-state index contributed by atoms with van der Waals surface area (Å²) in [6, 6.07) is 0. The van der Waals surface area contributed by atoms with Crippen molar-refractivity contribution in [2.24, 2.45) is 0 Å². The van der Waals surface area contributed by atoms with E-state index in [4.69, 9.17) is 0 Å². The van der Waals surface area contributed by atoms with Gasteiger partial charge in [-0.2, -0.15) is 21.6 Å². The first-order valence-electron chi connectivity index (χ1n) is 3.34. The summed E-state index contributed by atoms with van der Waals surface area (Å²) in [5.74, 6) is -0.169. The summed E-state index contributed by atoms with van der Waals surface area (Å²) in [6.07, 6.45) is 3.46. The van der Waals surface area contributed by atoms with E-state index in [1.165, 1.54) is 6.08 Å². The number of alkyl halides is 3. The molecular formula is C6H6F3O3S. The molecule has 1 aliphatic rings. The summed E-state index contributed by atoms with van der Waals surface area (Å²) in [5.41, 5.74) is -5.35. The molecule has 0 aromatic carbocycles. The molecule has 0 spiro atoms. The minimum absolute atomic E-state index is 0.120.